The van der Waals surface area contributed by atoms with E-state index < -0.39 is 17.8 Å². The van der Waals surface area contributed by atoms with Gasteiger partial charge < -0.3 is 25.8 Å². The van der Waals surface area contributed by atoms with Crippen LogP contribution in [0.1, 0.15) is 37.7 Å². The van der Waals surface area contributed by atoms with Crippen LogP contribution in [0.2, 0.25) is 0 Å². The molecule has 4 aromatic rings. The third-order valence-corrected chi connectivity index (χ3v) is 9.83. The van der Waals surface area contributed by atoms with Crippen molar-refractivity contribution < 1.29 is 23.0 Å². The average Bonchev–Trinajstić information content (AvgIpc) is 3.20. The van der Waals surface area contributed by atoms with Gasteiger partial charge in [0.2, 0.25) is 0 Å². The number of nitrogens with zero attached hydrogens (tertiary/aromatic N) is 3. The summed E-state index contributed by atoms with van der Waals surface area (Å²) < 4.78 is 52.1. The first-order valence-electron chi connectivity index (χ1n) is 15.7. The van der Waals surface area contributed by atoms with Crippen LogP contribution in [0.15, 0.2) is 36.4 Å². The molecule has 3 aromatic carbocycles. The molecule has 0 spiro atoms. The fraction of sp³-hybridized carbons (Fsp3) is 0.429. The van der Waals surface area contributed by atoms with Crippen molar-refractivity contribution in [1.82, 2.24) is 15.3 Å². The van der Waals surface area contributed by atoms with Crippen LogP contribution in [-0.4, -0.2) is 60.1 Å². The lowest BCUT2D eigenvalue weighted by Gasteiger charge is -2.37. The van der Waals surface area contributed by atoms with Crippen molar-refractivity contribution in [3.05, 3.63) is 53.6 Å². The fourth-order valence-electron chi connectivity index (χ4n) is 7.54. The highest BCUT2D eigenvalue weighted by Crippen LogP contribution is 2.42. The molecule has 3 fully saturated rings. The Labute approximate surface area is 260 Å². The second-order valence-corrected chi connectivity index (χ2v) is 12.7. The van der Waals surface area contributed by atoms with Gasteiger partial charge >= 0.3 is 6.01 Å². The molecule has 7 nitrogen and oxygen atoms in total. The summed E-state index contributed by atoms with van der Waals surface area (Å²) in [6.07, 6.45) is 8.83. The van der Waals surface area contributed by atoms with Gasteiger partial charge in [-0.15, -0.1) is 6.42 Å². The second kappa shape index (κ2) is 12.0. The zero-order valence-electron chi connectivity index (χ0n) is 24.9. The summed E-state index contributed by atoms with van der Waals surface area (Å²) in [5.74, 6) is 2.15. The molecule has 0 amide bonds. The number of fused-ring (bicyclic) bond motifs is 4. The first-order chi connectivity index (χ1) is 21.8. The van der Waals surface area contributed by atoms with Crippen molar-refractivity contribution in [1.29, 1.82) is 0 Å². The van der Waals surface area contributed by atoms with E-state index >= 15 is 4.39 Å². The number of phenolic OH excluding ortho intramolecular Hbond substituents is 1. The van der Waals surface area contributed by atoms with E-state index in [9.17, 15) is 13.9 Å². The molecule has 2 bridgehead atoms. The van der Waals surface area contributed by atoms with Crippen LogP contribution < -0.4 is 20.7 Å². The Morgan fingerprint density at radius 3 is 2.64 bits per heavy atom. The minimum atomic E-state index is -0.977. The standard InChI is InChI=1S/C35H36F3N5O2/c1-2-25-29(37)10-7-20-13-24(44)14-28(30(20)25)26-8-9-27-33(31(26)38)41-35(45-18-19-4-3-11-40-15-23(36)12-19)42-34(27)43-16-21-5-6-22(17-43)32(21)39/h1,7-10,13-14,19,21-23,32,40,44H,3-6,11-12,15-18,39H2/t19-,21?,22?,23-,32?/m1/s1. The number of alkyl halides is 1. The number of rotatable bonds is 5. The van der Waals surface area contributed by atoms with Gasteiger partial charge in [0, 0.05) is 42.0 Å². The van der Waals surface area contributed by atoms with Crippen molar-refractivity contribution in [2.75, 3.05) is 37.7 Å². The molecular weight excluding hydrogens is 579 g/mol. The van der Waals surface area contributed by atoms with Gasteiger partial charge in [0.1, 0.15) is 29.1 Å². The topological polar surface area (TPSA) is 96.5 Å². The van der Waals surface area contributed by atoms with Crippen molar-refractivity contribution in [3.8, 4) is 35.2 Å². The number of benzene rings is 3. The number of piperidine rings is 1. The van der Waals surface area contributed by atoms with E-state index in [-0.39, 0.29) is 52.5 Å². The van der Waals surface area contributed by atoms with Crippen molar-refractivity contribution in [2.45, 2.75) is 44.3 Å². The highest BCUT2D eigenvalue weighted by atomic mass is 19.1. The van der Waals surface area contributed by atoms with Crippen LogP contribution in [0.5, 0.6) is 11.8 Å². The van der Waals surface area contributed by atoms with Gasteiger partial charge in [-0.1, -0.05) is 18.1 Å². The average molecular weight is 616 g/mol. The Balaban J connectivity index is 1.35. The SMILES string of the molecule is C#Cc1c(F)ccc2cc(O)cc(-c3ccc4c(N5CC6CCC(C5)C6N)nc(OC[C@@H]5CCCNC[C@H](F)C5)nc4c3F)c12. The number of hydrogen-bond acceptors (Lipinski definition) is 7. The van der Waals surface area contributed by atoms with Gasteiger partial charge in [-0.3, -0.25) is 0 Å². The lowest BCUT2D eigenvalue weighted by atomic mass is 9.92. The maximum Gasteiger partial charge on any atom is 0.319 e. The number of anilines is 1. The highest BCUT2D eigenvalue weighted by Gasteiger charge is 2.41. The molecule has 2 unspecified atom stereocenters. The molecule has 45 heavy (non-hydrogen) atoms. The van der Waals surface area contributed by atoms with E-state index in [1.807, 2.05) is 0 Å². The molecule has 3 aliphatic rings. The van der Waals surface area contributed by atoms with Crippen LogP contribution in [0.4, 0.5) is 19.0 Å². The molecule has 234 valence electrons. The summed E-state index contributed by atoms with van der Waals surface area (Å²) in [5.41, 5.74) is 6.87. The number of ether oxygens (including phenoxy) is 1. The monoisotopic (exact) mass is 615 g/mol. The molecule has 7 rings (SSSR count). The van der Waals surface area contributed by atoms with Crippen LogP contribution in [0, 0.1) is 41.7 Å². The number of phenols is 1. The smallest absolute Gasteiger partial charge is 0.319 e. The predicted octanol–water partition coefficient (Wildman–Crippen LogP) is 5.70. The van der Waals surface area contributed by atoms with Gasteiger partial charge in [0.05, 0.1) is 12.2 Å². The van der Waals surface area contributed by atoms with E-state index in [4.69, 9.17) is 21.9 Å². The Kier molecular flexibility index (Phi) is 7.92. The highest BCUT2D eigenvalue weighted by molar-refractivity contribution is 6.04. The molecule has 4 atom stereocenters. The molecule has 2 aliphatic heterocycles. The normalized spacial score (nSPS) is 25.2. The Bertz CT molecular complexity index is 1800. The molecule has 1 saturated carbocycles. The molecular formula is C35H36F3N5O2. The Hall–Kier alpha value is -4.07. The summed E-state index contributed by atoms with van der Waals surface area (Å²) in [4.78, 5) is 11.5. The van der Waals surface area contributed by atoms with E-state index in [1.54, 1.807) is 12.1 Å². The van der Waals surface area contributed by atoms with E-state index in [1.165, 1.54) is 24.3 Å². The predicted molar refractivity (Wildman–Crippen MR) is 169 cm³/mol. The Morgan fingerprint density at radius 2 is 1.87 bits per heavy atom. The van der Waals surface area contributed by atoms with Gasteiger partial charge in [-0.05, 0) is 91.6 Å². The molecule has 1 aromatic heterocycles. The molecule has 10 heteroatoms. The number of terminal acetylenes is 1. The summed E-state index contributed by atoms with van der Waals surface area (Å²) in [6.45, 7) is 2.65. The summed E-state index contributed by atoms with van der Waals surface area (Å²) >= 11 is 0. The minimum absolute atomic E-state index is 0.0162. The maximum atomic E-state index is 16.8. The van der Waals surface area contributed by atoms with Gasteiger partial charge in [-0.25, -0.2) is 13.2 Å². The van der Waals surface area contributed by atoms with Crippen LogP contribution in [0.25, 0.3) is 32.8 Å². The largest absolute Gasteiger partial charge is 0.508 e. The van der Waals surface area contributed by atoms with Crippen molar-refractivity contribution in [3.63, 3.8) is 0 Å². The van der Waals surface area contributed by atoms with E-state index in [0.717, 1.165) is 32.2 Å². The number of halogens is 3. The second-order valence-electron chi connectivity index (χ2n) is 12.7. The van der Waals surface area contributed by atoms with E-state index in [0.29, 0.717) is 59.9 Å². The number of aromatic nitrogens is 2. The quantitative estimate of drug-likeness (QED) is 0.248. The molecule has 3 heterocycles. The Morgan fingerprint density at radius 1 is 1.07 bits per heavy atom. The molecule has 4 N–H and O–H groups in total. The molecule has 1 aliphatic carbocycles. The first-order valence-corrected chi connectivity index (χ1v) is 15.7. The van der Waals surface area contributed by atoms with Crippen LogP contribution in [-0.2, 0) is 0 Å². The molecule has 0 radical (unpaired) electrons. The number of hydrogen-bond donors (Lipinski definition) is 3. The van der Waals surface area contributed by atoms with Crippen molar-refractivity contribution in [2.24, 2.45) is 23.5 Å². The van der Waals surface area contributed by atoms with Crippen LogP contribution in [0.3, 0.4) is 0 Å². The lowest BCUT2D eigenvalue weighted by molar-refractivity contribution is 0.166. The zero-order valence-corrected chi connectivity index (χ0v) is 24.9. The third-order valence-electron chi connectivity index (χ3n) is 9.83. The lowest BCUT2D eigenvalue weighted by Crippen LogP contribution is -2.49. The van der Waals surface area contributed by atoms with Gasteiger partial charge in [0.25, 0.3) is 0 Å². The minimum Gasteiger partial charge on any atom is -0.508 e. The van der Waals surface area contributed by atoms with Gasteiger partial charge in [0.15, 0.2) is 5.82 Å². The number of aromatic hydroxyl groups is 1. The summed E-state index contributed by atoms with van der Waals surface area (Å²) in [5, 5.41) is 15.0. The van der Waals surface area contributed by atoms with E-state index in [2.05, 4.69) is 21.1 Å². The number of nitrogens with one attached hydrogen (secondary N) is 1. The third kappa shape index (κ3) is 5.53. The van der Waals surface area contributed by atoms with Crippen LogP contribution >= 0.6 is 0 Å². The zero-order chi connectivity index (χ0) is 31.2. The first kappa shape index (κ1) is 29.6. The van der Waals surface area contributed by atoms with Crippen molar-refractivity contribution >= 4 is 27.5 Å². The fourth-order valence-corrected chi connectivity index (χ4v) is 7.54. The number of nitrogens with two attached hydrogens (primary N) is 1. The summed E-state index contributed by atoms with van der Waals surface area (Å²) in [6, 6.07) is 9.07. The maximum absolute atomic E-state index is 16.8. The van der Waals surface area contributed by atoms with Gasteiger partial charge in [-0.2, -0.15) is 9.97 Å². The molecule has 2 saturated heterocycles. The summed E-state index contributed by atoms with van der Waals surface area (Å²) in [7, 11) is 0.